The zero-order chi connectivity index (χ0) is 20.6. The first-order chi connectivity index (χ1) is 14.8. The molecule has 4 rings (SSSR count). The quantitative estimate of drug-likeness (QED) is 0.179. The van der Waals surface area contributed by atoms with Crippen LogP contribution in [0.1, 0.15) is 23.0 Å². The molecule has 0 amide bonds. The van der Waals surface area contributed by atoms with Crippen LogP contribution in [-0.4, -0.2) is 10.9 Å². The van der Waals surface area contributed by atoms with Crippen molar-refractivity contribution in [3.05, 3.63) is 132 Å². The Morgan fingerprint density at radius 3 is 1.60 bits per heavy atom. The van der Waals surface area contributed by atoms with Gasteiger partial charge in [-0.1, -0.05) is 96.2 Å². The molecule has 0 heterocycles. The third-order valence-electron chi connectivity index (χ3n) is 4.59. The Hall–Kier alpha value is -4.05. The van der Waals surface area contributed by atoms with Crippen LogP contribution in [0.5, 0.6) is 11.5 Å². The first kappa shape index (κ1) is 19.3. The highest BCUT2D eigenvalue weighted by molar-refractivity contribution is 6.13. The first-order valence-electron chi connectivity index (χ1n) is 9.65. The van der Waals surface area contributed by atoms with E-state index in [1.807, 2.05) is 115 Å². The summed E-state index contributed by atoms with van der Waals surface area (Å²) in [4.78, 5) is 0. The summed E-state index contributed by atoms with van der Waals surface area (Å²) in [6.45, 7) is 0. The second kappa shape index (κ2) is 9.43. The van der Waals surface area contributed by atoms with Gasteiger partial charge in [0, 0.05) is 16.7 Å². The molecule has 0 bridgehead atoms. The molecule has 4 heteroatoms. The predicted octanol–water partition coefficient (Wildman–Crippen LogP) is 6.07. The summed E-state index contributed by atoms with van der Waals surface area (Å²) in [7, 11) is 0. The van der Waals surface area contributed by atoms with Gasteiger partial charge in [-0.25, -0.2) is 0 Å². The van der Waals surface area contributed by atoms with E-state index < -0.39 is 6.29 Å². The normalized spacial score (nSPS) is 11.3. The third kappa shape index (κ3) is 4.50. The van der Waals surface area contributed by atoms with E-state index in [1.54, 1.807) is 0 Å². The molecule has 0 atom stereocenters. The number of hydrogen-bond donors (Lipinski definition) is 1. The van der Waals surface area contributed by atoms with E-state index >= 15 is 0 Å². The molecule has 148 valence electrons. The Balaban J connectivity index is 1.77. The zero-order valence-corrected chi connectivity index (χ0v) is 16.3. The van der Waals surface area contributed by atoms with E-state index in [-0.39, 0.29) is 0 Å². The summed E-state index contributed by atoms with van der Waals surface area (Å²) >= 11 is 0. The van der Waals surface area contributed by atoms with Gasteiger partial charge in [-0.3, -0.25) is 0 Å². The second-order valence-corrected chi connectivity index (χ2v) is 6.60. The van der Waals surface area contributed by atoms with Crippen LogP contribution in [0.2, 0.25) is 0 Å². The maximum atomic E-state index is 9.82. The lowest BCUT2D eigenvalue weighted by molar-refractivity contribution is 0.00369. The molecule has 0 saturated heterocycles. The van der Waals surface area contributed by atoms with Gasteiger partial charge < -0.3 is 14.7 Å². The van der Waals surface area contributed by atoms with Gasteiger partial charge in [0.15, 0.2) is 0 Å². The van der Waals surface area contributed by atoms with Crippen molar-refractivity contribution in [2.75, 3.05) is 0 Å². The number of para-hydroxylation sites is 2. The van der Waals surface area contributed by atoms with Crippen molar-refractivity contribution in [2.45, 2.75) is 6.29 Å². The molecule has 0 radical (unpaired) electrons. The van der Waals surface area contributed by atoms with Gasteiger partial charge >= 0.3 is 0 Å². The summed E-state index contributed by atoms with van der Waals surface area (Å²) in [5.41, 5.74) is 2.72. The van der Waals surface area contributed by atoms with E-state index in [1.165, 1.54) is 0 Å². The number of hydrogen-bond acceptors (Lipinski definition) is 4. The molecule has 0 fully saturated rings. The molecule has 4 nitrogen and oxygen atoms in total. The van der Waals surface area contributed by atoms with Gasteiger partial charge in [0.1, 0.15) is 17.2 Å². The highest BCUT2D eigenvalue weighted by atomic mass is 16.7. The number of oxime groups is 1. The van der Waals surface area contributed by atoms with Gasteiger partial charge in [0.2, 0.25) is 0 Å². The standard InChI is InChI=1S/C26H21NO3/c28-27-25(20-12-4-1-5-13-20)23-18-10-11-19-24(23)26(29-21-14-6-2-7-15-21)30-22-16-8-3-9-17-22/h1-19,26,28H. The van der Waals surface area contributed by atoms with Crippen LogP contribution in [0, 0.1) is 0 Å². The largest absolute Gasteiger partial charge is 0.451 e. The monoisotopic (exact) mass is 395 g/mol. The van der Waals surface area contributed by atoms with Crippen LogP contribution in [0.25, 0.3) is 0 Å². The Morgan fingerprint density at radius 2 is 1.07 bits per heavy atom. The molecular formula is C26H21NO3. The van der Waals surface area contributed by atoms with Crippen molar-refractivity contribution >= 4 is 5.71 Å². The molecule has 0 spiro atoms. The third-order valence-corrected chi connectivity index (χ3v) is 4.59. The molecule has 0 aliphatic heterocycles. The lowest BCUT2D eigenvalue weighted by Crippen LogP contribution is -2.19. The van der Waals surface area contributed by atoms with Crippen LogP contribution in [-0.2, 0) is 0 Å². The van der Waals surface area contributed by atoms with Crippen molar-refractivity contribution in [2.24, 2.45) is 5.16 Å². The summed E-state index contributed by atoms with van der Waals surface area (Å²) in [6.07, 6.45) is -0.744. The minimum absolute atomic E-state index is 0.449. The topological polar surface area (TPSA) is 51.1 Å². The molecule has 0 aromatic heterocycles. The second-order valence-electron chi connectivity index (χ2n) is 6.60. The fraction of sp³-hybridized carbons (Fsp3) is 0.0385. The van der Waals surface area contributed by atoms with E-state index in [0.717, 1.165) is 16.7 Å². The average Bonchev–Trinajstić information content (AvgIpc) is 2.82. The highest BCUT2D eigenvalue weighted by Crippen LogP contribution is 2.29. The predicted molar refractivity (Wildman–Crippen MR) is 117 cm³/mol. The van der Waals surface area contributed by atoms with Crippen molar-refractivity contribution in [3.63, 3.8) is 0 Å². The molecule has 4 aromatic rings. The summed E-state index contributed by atoms with van der Waals surface area (Å²) in [5, 5.41) is 13.4. The zero-order valence-electron chi connectivity index (χ0n) is 16.3. The Kier molecular flexibility index (Phi) is 6.06. The number of nitrogens with zero attached hydrogens (tertiary/aromatic N) is 1. The van der Waals surface area contributed by atoms with Crippen molar-refractivity contribution in [1.82, 2.24) is 0 Å². The molecule has 1 N–H and O–H groups in total. The van der Waals surface area contributed by atoms with Gasteiger partial charge in [0.05, 0.1) is 0 Å². The fourth-order valence-corrected chi connectivity index (χ4v) is 3.18. The molecule has 0 unspecified atom stereocenters. The summed E-state index contributed by atoms with van der Waals surface area (Å²) in [5.74, 6) is 1.35. The van der Waals surface area contributed by atoms with Gasteiger partial charge in [-0.05, 0) is 24.3 Å². The van der Waals surface area contributed by atoms with Crippen LogP contribution < -0.4 is 9.47 Å². The van der Waals surface area contributed by atoms with Crippen LogP contribution in [0.3, 0.4) is 0 Å². The minimum atomic E-state index is -0.744. The van der Waals surface area contributed by atoms with Crippen molar-refractivity contribution in [1.29, 1.82) is 0 Å². The number of benzene rings is 4. The van der Waals surface area contributed by atoms with E-state index in [9.17, 15) is 5.21 Å². The minimum Gasteiger partial charge on any atom is -0.451 e. The van der Waals surface area contributed by atoms with Crippen molar-refractivity contribution < 1.29 is 14.7 Å². The molecule has 30 heavy (non-hydrogen) atoms. The van der Waals surface area contributed by atoms with Gasteiger partial charge in [-0.15, -0.1) is 0 Å². The summed E-state index contributed by atoms with van der Waals surface area (Å²) in [6, 6.07) is 36.2. The molecule has 0 aliphatic carbocycles. The molecular weight excluding hydrogens is 374 g/mol. The lowest BCUT2D eigenvalue weighted by atomic mass is 9.97. The van der Waals surface area contributed by atoms with E-state index in [0.29, 0.717) is 17.2 Å². The molecule has 0 aliphatic rings. The van der Waals surface area contributed by atoms with Crippen molar-refractivity contribution in [3.8, 4) is 11.5 Å². The maximum absolute atomic E-state index is 9.82. The maximum Gasteiger partial charge on any atom is 0.268 e. The van der Waals surface area contributed by atoms with Crippen LogP contribution in [0.15, 0.2) is 120 Å². The smallest absolute Gasteiger partial charge is 0.268 e. The van der Waals surface area contributed by atoms with Crippen LogP contribution >= 0.6 is 0 Å². The Morgan fingerprint density at radius 1 is 0.600 bits per heavy atom. The van der Waals surface area contributed by atoms with Gasteiger partial charge in [-0.2, -0.15) is 0 Å². The number of ether oxygens (including phenoxy) is 2. The number of rotatable bonds is 7. The Bertz CT molecular complexity index is 1060. The average molecular weight is 395 g/mol. The lowest BCUT2D eigenvalue weighted by Gasteiger charge is -2.23. The highest BCUT2D eigenvalue weighted by Gasteiger charge is 2.22. The first-order valence-corrected chi connectivity index (χ1v) is 9.65. The fourth-order valence-electron chi connectivity index (χ4n) is 3.18. The SMILES string of the molecule is ON=C(c1ccccc1)c1ccccc1C(Oc1ccccc1)Oc1ccccc1. The van der Waals surface area contributed by atoms with Crippen LogP contribution in [0.4, 0.5) is 0 Å². The van der Waals surface area contributed by atoms with Gasteiger partial charge in [0.25, 0.3) is 6.29 Å². The van der Waals surface area contributed by atoms with E-state index in [4.69, 9.17) is 9.47 Å². The van der Waals surface area contributed by atoms with E-state index in [2.05, 4.69) is 5.16 Å². The molecule has 4 aromatic carbocycles. The Labute approximate surface area is 175 Å². The molecule has 0 saturated carbocycles. The summed E-state index contributed by atoms with van der Waals surface area (Å²) < 4.78 is 12.4.